The number of aliphatic hydroxyl groups excluding tert-OH is 1. The monoisotopic (exact) mass is 228 g/mol. The summed E-state index contributed by atoms with van der Waals surface area (Å²) >= 11 is 0. The molecule has 0 aliphatic carbocycles. The Balaban J connectivity index is 3.37. The maximum absolute atomic E-state index is 11.2. The predicted molar refractivity (Wildman–Crippen MR) is 68.5 cm³/mol. The lowest BCUT2D eigenvalue weighted by atomic mass is 9.94. The van der Waals surface area contributed by atoms with Gasteiger partial charge in [-0.25, -0.2) is 0 Å². The molecule has 0 aromatic carbocycles. The van der Waals surface area contributed by atoms with E-state index >= 15 is 0 Å². The third-order valence-corrected chi connectivity index (χ3v) is 3.21. The second-order valence-electron chi connectivity index (χ2n) is 4.73. The van der Waals surface area contributed by atoms with Gasteiger partial charge in [-0.05, 0) is 19.8 Å². The maximum atomic E-state index is 11.2. The van der Waals surface area contributed by atoms with Crippen molar-refractivity contribution in [3.63, 3.8) is 0 Å². The molecule has 0 aromatic heterocycles. The van der Waals surface area contributed by atoms with E-state index in [-0.39, 0.29) is 18.3 Å². The summed E-state index contributed by atoms with van der Waals surface area (Å²) in [5, 5.41) is 8.83. The number of carbonyl (C=O) groups is 1. The van der Waals surface area contributed by atoms with Crippen LogP contribution in [0.15, 0.2) is 0 Å². The van der Waals surface area contributed by atoms with Crippen molar-refractivity contribution in [3.05, 3.63) is 0 Å². The Morgan fingerprint density at radius 3 is 2.06 bits per heavy atom. The van der Waals surface area contributed by atoms with E-state index in [9.17, 15) is 4.79 Å². The lowest BCUT2D eigenvalue weighted by Gasteiger charge is -2.11. The maximum Gasteiger partial charge on any atom is 0.132 e. The Morgan fingerprint density at radius 1 is 1.00 bits per heavy atom. The average Bonchev–Trinajstić information content (AvgIpc) is 2.26. The van der Waals surface area contributed by atoms with Gasteiger partial charge < -0.3 is 5.11 Å². The highest BCUT2D eigenvalue weighted by Gasteiger charge is 2.12. The molecule has 1 atom stereocenters. The first kappa shape index (κ1) is 15.6. The van der Waals surface area contributed by atoms with E-state index in [1.807, 2.05) is 0 Å². The molecule has 0 aliphatic rings. The molecular formula is C14H28O2. The van der Waals surface area contributed by atoms with Crippen LogP contribution in [-0.4, -0.2) is 17.5 Å². The Hall–Kier alpha value is -0.370. The normalized spacial score (nSPS) is 12.7. The standard InChI is InChI=1S/C14H28O2/c1-3-4-5-6-7-8-9-10-14(11-12-15)13(2)16/h14-15H,3-12H2,1-2H3. The largest absolute Gasteiger partial charge is 0.396 e. The van der Waals surface area contributed by atoms with Crippen LogP contribution in [0.3, 0.4) is 0 Å². The van der Waals surface area contributed by atoms with Crippen molar-refractivity contribution in [2.75, 3.05) is 6.61 Å². The highest BCUT2D eigenvalue weighted by Crippen LogP contribution is 2.16. The van der Waals surface area contributed by atoms with E-state index < -0.39 is 0 Å². The van der Waals surface area contributed by atoms with E-state index in [0.717, 1.165) is 12.8 Å². The molecule has 0 saturated carbocycles. The fourth-order valence-electron chi connectivity index (χ4n) is 2.05. The number of carbonyl (C=O) groups excluding carboxylic acids is 1. The molecule has 0 saturated heterocycles. The van der Waals surface area contributed by atoms with Crippen LogP contribution in [0.1, 0.15) is 71.6 Å². The number of hydrogen-bond donors (Lipinski definition) is 1. The molecule has 0 fully saturated rings. The second kappa shape index (κ2) is 11.1. The highest BCUT2D eigenvalue weighted by molar-refractivity contribution is 5.78. The Morgan fingerprint density at radius 2 is 1.56 bits per heavy atom. The van der Waals surface area contributed by atoms with E-state index in [4.69, 9.17) is 5.11 Å². The van der Waals surface area contributed by atoms with E-state index in [2.05, 4.69) is 6.92 Å². The zero-order valence-electron chi connectivity index (χ0n) is 11.0. The number of ketones is 1. The highest BCUT2D eigenvalue weighted by atomic mass is 16.3. The van der Waals surface area contributed by atoms with Crippen LogP contribution in [-0.2, 0) is 4.79 Å². The molecule has 0 spiro atoms. The molecule has 2 nitrogen and oxygen atoms in total. The molecule has 1 N–H and O–H groups in total. The summed E-state index contributed by atoms with van der Waals surface area (Å²) in [6.45, 7) is 4.01. The molecule has 0 amide bonds. The van der Waals surface area contributed by atoms with Gasteiger partial charge in [0.15, 0.2) is 0 Å². The van der Waals surface area contributed by atoms with Gasteiger partial charge in [-0.3, -0.25) is 4.79 Å². The number of aliphatic hydroxyl groups is 1. The smallest absolute Gasteiger partial charge is 0.132 e. The first-order chi connectivity index (χ1) is 7.72. The molecule has 0 bridgehead atoms. The van der Waals surface area contributed by atoms with Crippen molar-refractivity contribution >= 4 is 5.78 Å². The van der Waals surface area contributed by atoms with Gasteiger partial charge in [0, 0.05) is 12.5 Å². The van der Waals surface area contributed by atoms with Gasteiger partial charge >= 0.3 is 0 Å². The molecule has 0 aliphatic heterocycles. The third-order valence-electron chi connectivity index (χ3n) is 3.21. The summed E-state index contributed by atoms with van der Waals surface area (Å²) in [7, 11) is 0. The van der Waals surface area contributed by atoms with Crippen molar-refractivity contribution in [2.45, 2.75) is 71.6 Å². The summed E-state index contributed by atoms with van der Waals surface area (Å²) in [4.78, 5) is 11.2. The van der Waals surface area contributed by atoms with E-state index in [1.54, 1.807) is 6.92 Å². The molecular weight excluding hydrogens is 200 g/mol. The first-order valence-electron chi connectivity index (χ1n) is 6.83. The van der Waals surface area contributed by atoms with Crippen molar-refractivity contribution in [1.82, 2.24) is 0 Å². The average molecular weight is 228 g/mol. The van der Waals surface area contributed by atoms with Crippen molar-refractivity contribution in [1.29, 1.82) is 0 Å². The number of hydrogen-bond acceptors (Lipinski definition) is 2. The molecule has 96 valence electrons. The van der Waals surface area contributed by atoms with Crippen LogP contribution in [0, 0.1) is 5.92 Å². The van der Waals surface area contributed by atoms with Crippen LogP contribution >= 0.6 is 0 Å². The molecule has 0 heterocycles. The summed E-state index contributed by atoms with van der Waals surface area (Å²) < 4.78 is 0. The van der Waals surface area contributed by atoms with Crippen LogP contribution in [0.4, 0.5) is 0 Å². The van der Waals surface area contributed by atoms with Crippen LogP contribution in [0.25, 0.3) is 0 Å². The lowest BCUT2D eigenvalue weighted by molar-refractivity contribution is -0.121. The number of Topliss-reactive ketones (excluding diaryl/α,β-unsaturated/α-hetero) is 1. The Labute approximate surface area is 100 Å². The summed E-state index contributed by atoms with van der Waals surface area (Å²) in [6, 6.07) is 0. The van der Waals surface area contributed by atoms with Gasteiger partial charge in [-0.15, -0.1) is 0 Å². The Kier molecular flexibility index (Phi) is 10.9. The zero-order chi connectivity index (χ0) is 12.2. The molecule has 0 aromatic rings. The van der Waals surface area contributed by atoms with Crippen LogP contribution in [0.2, 0.25) is 0 Å². The summed E-state index contributed by atoms with van der Waals surface area (Å²) in [5.41, 5.74) is 0. The summed E-state index contributed by atoms with van der Waals surface area (Å²) in [5.74, 6) is 0.334. The van der Waals surface area contributed by atoms with Gasteiger partial charge in [0.1, 0.15) is 5.78 Å². The van der Waals surface area contributed by atoms with Gasteiger partial charge in [-0.2, -0.15) is 0 Å². The SMILES string of the molecule is CCCCCCCCCC(CCO)C(C)=O. The molecule has 0 rings (SSSR count). The van der Waals surface area contributed by atoms with Crippen molar-refractivity contribution < 1.29 is 9.90 Å². The third kappa shape index (κ3) is 8.90. The Bertz CT molecular complexity index is 166. The topological polar surface area (TPSA) is 37.3 Å². The lowest BCUT2D eigenvalue weighted by Crippen LogP contribution is -2.12. The van der Waals surface area contributed by atoms with Crippen molar-refractivity contribution in [3.8, 4) is 0 Å². The van der Waals surface area contributed by atoms with Crippen LogP contribution < -0.4 is 0 Å². The first-order valence-corrected chi connectivity index (χ1v) is 6.83. The van der Waals surface area contributed by atoms with E-state index in [1.165, 1.54) is 38.5 Å². The van der Waals surface area contributed by atoms with Gasteiger partial charge in [0.25, 0.3) is 0 Å². The van der Waals surface area contributed by atoms with E-state index in [0.29, 0.717) is 6.42 Å². The fourth-order valence-corrected chi connectivity index (χ4v) is 2.05. The van der Waals surface area contributed by atoms with Crippen LogP contribution in [0.5, 0.6) is 0 Å². The van der Waals surface area contributed by atoms with Gasteiger partial charge in [0.2, 0.25) is 0 Å². The second-order valence-corrected chi connectivity index (χ2v) is 4.73. The quantitative estimate of drug-likeness (QED) is 0.547. The number of rotatable bonds is 11. The van der Waals surface area contributed by atoms with Crippen molar-refractivity contribution in [2.24, 2.45) is 5.92 Å². The fraction of sp³-hybridized carbons (Fsp3) is 0.929. The van der Waals surface area contributed by atoms with Gasteiger partial charge in [-0.1, -0.05) is 51.9 Å². The molecule has 16 heavy (non-hydrogen) atoms. The summed E-state index contributed by atoms with van der Waals surface area (Å²) in [6.07, 6.45) is 10.6. The zero-order valence-corrected chi connectivity index (χ0v) is 11.0. The minimum Gasteiger partial charge on any atom is -0.396 e. The predicted octanol–water partition coefficient (Wildman–Crippen LogP) is 3.71. The molecule has 1 unspecified atom stereocenters. The molecule has 2 heteroatoms. The van der Waals surface area contributed by atoms with Gasteiger partial charge in [0.05, 0.1) is 0 Å². The minimum absolute atomic E-state index is 0.0978. The minimum atomic E-state index is 0.0978. The number of unbranched alkanes of at least 4 members (excludes halogenated alkanes) is 6. The molecule has 0 radical (unpaired) electrons.